The van der Waals surface area contributed by atoms with Gasteiger partial charge in [0.2, 0.25) is 10.0 Å². The van der Waals surface area contributed by atoms with Crippen molar-refractivity contribution in [3.8, 4) is 0 Å². The van der Waals surface area contributed by atoms with Gasteiger partial charge in [0, 0.05) is 26.8 Å². The molecule has 0 aliphatic carbocycles. The topological polar surface area (TPSA) is 81.4 Å². The lowest BCUT2D eigenvalue weighted by molar-refractivity contribution is 0.193. The van der Waals surface area contributed by atoms with Crippen molar-refractivity contribution in [2.45, 2.75) is 24.3 Å². The predicted molar refractivity (Wildman–Crippen MR) is 70.6 cm³/mol. The van der Waals surface area contributed by atoms with Crippen molar-refractivity contribution < 1.29 is 13.2 Å². The molecule has 18 heavy (non-hydrogen) atoms. The Labute approximate surface area is 108 Å². The van der Waals surface area contributed by atoms with Crippen LogP contribution < -0.4 is 10.5 Å². The fraction of sp³-hybridized carbons (Fsp3) is 0.500. The van der Waals surface area contributed by atoms with E-state index in [4.69, 9.17) is 10.5 Å². The molecule has 0 aliphatic rings. The van der Waals surface area contributed by atoms with Crippen LogP contribution in [0.25, 0.3) is 0 Å². The summed E-state index contributed by atoms with van der Waals surface area (Å²) >= 11 is 0. The van der Waals surface area contributed by atoms with E-state index in [9.17, 15) is 8.42 Å². The number of benzene rings is 1. The molecule has 0 amide bonds. The summed E-state index contributed by atoms with van der Waals surface area (Å²) in [5.74, 6) is 0. The van der Waals surface area contributed by atoms with E-state index in [1.165, 1.54) is 0 Å². The molecular weight excluding hydrogens is 252 g/mol. The van der Waals surface area contributed by atoms with Crippen LogP contribution in [0.2, 0.25) is 0 Å². The highest BCUT2D eigenvalue weighted by atomic mass is 32.2. The van der Waals surface area contributed by atoms with Gasteiger partial charge in [-0.1, -0.05) is 18.2 Å². The lowest BCUT2D eigenvalue weighted by atomic mass is 10.2. The van der Waals surface area contributed by atoms with Gasteiger partial charge in [-0.25, -0.2) is 13.1 Å². The van der Waals surface area contributed by atoms with E-state index < -0.39 is 10.0 Å². The number of methoxy groups -OCH3 is 1. The minimum atomic E-state index is -3.46. The minimum Gasteiger partial charge on any atom is -0.385 e. The SMILES string of the molecule is COCCCCNS(=O)(=O)c1ccccc1CN. The van der Waals surface area contributed by atoms with Gasteiger partial charge in [0.05, 0.1) is 4.90 Å². The lowest BCUT2D eigenvalue weighted by Crippen LogP contribution is -2.26. The van der Waals surface area contributed by atoms with Crippen LogP contribution in [-0.2, 0) is 21.3 Å². The Morgan fingerprint density at radius 1 is 1.28 bits per heavy atom. The number of nitrogens with one attached hydrogen (secondary N) is 1. The largest absolute Gasteiger partial charge is 0.385 e. The van der Waals surface area contributed by atoms with Gasteiger partial charge in [0.1, 0.15) is 0 Å². The molecule has 0 aliphatic heterocycles. The van der Waals surface area contributed by atoms with Gasteiger partial charge in [-0.2, -0.15) is 0 Å². The van der Waals surface area contributed by atoms with Crippen LogP contribution in [0.3, 0.4) is 0 Å². The second kappa shape index (κ2) is 7.48. The van der Waals surface area contributed by atoms with Crippen molar-refractivity contribution >= 4 is 10.0 Å². The number of sulfonamides is 1. The van der Waals surface area contributed by atoms with E-state index in [1.54, 1.807) is 31.4 Å². The molecule has 0 atom stereocenters. The van der Waals surface area contributed by atoms with Crippen molar-refractivity contribution in [3.05, 3.63) is 29.8 Å². The van der Waals surface area contributed by atoms with Gasteiger partial charge < -0.3 is 10.5 Å². The maximum atomic E-state index is 12.0. The zero-order valence-electron chi connectivity index (χ0n) is 10.6. The highest BCUT2D eigenvalue weighted by Crippen LogP contribution is 2.14. The molecule has 3 N–H and O–H groups in total. The third kappa shape index (κ3) is 4.38. The van der Waals surface area contributed by atoms with Gasteiger partial charge in [0.15, 0.2) is 0 Å². The number of unbranched alkanes of at least 4 members (excludes halogenated alkanes) is 1. The molecule has 0 saturated carbocycles. The van der Waals surface area contributed by atoms with Crippen molar-refractivity contribution in [1.29, 1.82) is 0 Å². The normalized spacial score (nSPS) is 11.7. The number of nitrogens with two attached hydrogens (primary N) is 1. The van der Waals surface area contributed by atoms with Crippen LogP contribution >= 0.6 is 0 Å². The Morgan fingerprint density at radius 2 is 2.00 bits per heavy atom. The third-order valence-corrected chi connectivity index (χ3v) is 4.11. The fourth-order valence-corrected chi connectivity index (χ4v) is 2.91. The van der Waals surface area contributed by atoms with Crippen molar-refractivity contribution in [1.82, 2.24) is 4.72 Å². The first kappa shape index (κ1) is 15.1. The summed E-state index contributed by atoms with van der Waals surface area (Å²) in [7, 11) is -1.83. The summed E-state index contributed by atoms with van der Waals surface area (Å²) in [5.41, 5.74) is 6.16. The first-order valence-electron chi connectivity index (χ1n) is 5.88. The molecule has 102 valence electrons. The van der Waals surface area contributed by atoms with Gasteiger partial charge in [-0.05, 0) is 24.5 Å². The molecule has 0 unspecified atom stereocenters. The fourth-order valence-electron chi connectivity index (χ4n) is 1.59. The van der Waals surface area contributed by atoms with Crippen LogP contribution in [0, 0.1) is 0 Å². The van der Waals surface area contributed by atoms with E-state index >= 15 is 0 Å². The zero-order valence-corrected chi connectivity index (χ0v) is 11.4. The lowest BCUT2D eigenvalue weighted by Gasteiger charge is -2.10. The van der Waals surface area contributed by atoms with E-state index in [-0.39, 0.29) is 11.4 Å². The van der Waals surface area contributed by atoms with Crippen LogP contribution in [-0.4, -0.2) is 28.7 Å². The first-order valence-corrected chi connectivity index (χ1v) is 7.36. The molecule has 0 saturated heterocycles. The molecule has 1 aromatic carbocycles. The molecule has 0 heterocycles. The third-order valence-electron chi connectivity index (χ3n) is 2.55. The van der Waals surface area contributed by atoms with E-state index in [2.05, 4.69) is 4.72 Å². The zero-order chi connectivity index (χ0) is 13.4. The maximum Gasteiger partial charge on any atom is 0.240 e. The quantitative estimate of drug-likeness (QED) is 0.687. The molecule has 0 aromatic heterocycles. The maximum absolute atomic E-state index is 12.0. The van der Waals surface area contributed by atoms with Crippen LogP contribution in [0.4, 0.5) is 0 Å². The average Bonchev–Trinajstić information content (AvgIpc) is 2.38. The molecule has 0 radical (unpaired) electrons. The Morgan fingerprint density at radius 3 is 2.67 bits per heavy atom. The Kier molecular flexibility index (Phi) is 6.28. The molecule has 0 fully saturated rings. The van der Waals surface area contributed by atoms with E-state index in [0.717, 1.165) is 12.8 Å². The molecule has 5 nitrogen and oxygen atoms in total. The predicted octanol–water partition coefficient (Wildman–Crippen LogP) is 0.850. The summed E-state index contributed by atoms with van der Waals surface area (Å²) < 4.78 is 31.6. The van der Waals surface area contributed by atoms with Crippen LogP contribution in [0.1, 0.15) is 18.4 Å². The number of hydrogen-bond donors (Lipinski definition) is 2. The number of hydrogen-bond acceptors (Lipinski definition) is 4. The summed E-state index contributed by atoms with van der Waals surface area (Å²) in [4.78, 5) is 0.263. The van der Waals surface area contributed by atoms with Crippen molar-refractivity contribution in [2.24, 2.45) is 5.73 Å². The van der Waals surface area contributed by atoms with Crippen LogP contribution in [0.5, 0.6) is 0 Å². The highest BCUT2D eigenvalue weighted by molar-refractivity contribution is 7.89. The monoisotopic (exact) mass is 272 g/mol. The number of ether oxygens (including phenoxy) is 1. The second-order valence-electron chi connectivity index (χ2n) is 3.91. The first-order chi connectivity index (χ1) is 8.61. The van der Waals surface area contributed by atoms with Gasteiger partial charge >= 0.3 is 0 Å². The van der Waals surface area contributed by atoms with E-state index in [0.29, 0.717) is 18.7 Å². The Balaban J connectivity index is 2.63. The van der Waals surface area contributed by atoms with Gasteiger partial charge in [-0.3, -0.25) is 0 Å². The smallest absolute Gasteiger partial charge is 0.240 e. The summed E-state index contributed by atoms with van der Waals surface area (Å²) in [5, 5.41) is 0. The molecule has 1 aromatic rings. The molecule has 1 rings (SSSR count). The van der Waals surface area contributed by atoms with Crippen molar-refractivity contribution in [2.75, 3.05) is 20.3 Å². The Hall–Kier alpha value is -0.950. The summed E-state index contributed by atoms with van der Waals surface area (Å²) in [6.45, 7) is 1.26. The molecule has 0 spiro atoms. The van der Waals surface area contributed by atoms with Gasteiger partial charge in [0.25, 0.3) is 0 Å². The molecular formula is C12H20N2O3S. The van der Waals surface area contributed by atoms with Gasteiger partial charge in [-0.15, -0.1) is 0 Å². The highest BCUT2D eigenvalue weighted by Gasteiger charge is 2.16. The molecule has 6 heteroatoms. The van der Waals surface area contributed by atoms with Crippen molar-refractivity contribution in [3.63, 3.8) is 0 Å². The number of rotatable bonds is 8. The summed E-state index contributed by atoms with van der Waals surface area (Å²) in [6, 6.07) is 6.76. The minimum absolute atomic E-state index is 0.209. The summed E-state index contributed by atoms with van der Waals surface area (Å²) in [6.07, 6.45) is 1.58. The second-order valence-corrected chi connectivity index (χ2v) is 5.64. The van der Waals surface area contributed by atoms with E-state index in [1.807, 2.05) is 0 Å². The standard InChI is InChI=1S/C12H20N2O3S/c1-17-9-5-4-8-14-18(15,16)12-7-3-2-6-11(12)10-13/h2-3,6-7,14H,4-5,8-10,13H2,1H3. The Bertz CT molecular complexity index is 460. The average molecular weight is 272 g/mol. The van der Waals surface area contributed by atoms with Crippen LogP contribution in [0.15, 0.2) is 29.2 Å². The molecule has 0 bridgehead atoms.